The van der Waals surface area contributed by atoms with Crippen LogP contribution in [0, 0.1) is 0 Å². The molecular weight excluding hydrogens is 430 g/mol. The van der Waals surface area contributed by atoms with Crippen LogP contribution in [-0.2, 0) is 22.0 Å². The predicted octanol–water partition coefficient (Wildman–Crippen LogP) is -2.08. The van der Waals surface area contributed by atoms with Crippen molar-refractivity contribution in [1.29, 1.82) is 0 Å². The van der Waals surface area contributed by atoms with Crippen LogP contribution in [-0.4, -0.2) is 91.5 Å². The van der Waals surface area contributed by atoms with Crippen LogP contribution in [0.2, 0.25) is 0 Å². The zero-order chi connectivity index (χ0) is 21.5. The average Bonchev–Trinajstić information content (AvgIpc) is 3.28. The fourth-order valence-electron chi connectivity index (χ4n) is 3.34. The lowest BCUT2D eigenvalue weighted by Crippen LogP contribution is -2.47. The molecule has 0 spiro atoms. The molecule has 0 amide bonds. The molecule has 166 valence electrons. The summed E-state index contributed by atoms with van der Waals surface area (Å²) in [6.07, 6.45) is 0.653. The van der Waals surface area contributed by atoms with Crippen LogP contribution in [0.3, 0.4) is 0 Å². The van der Waals surface area contributed by atoms with E-state index in [0.717, 1.165) is 18.8 Å². The number of anilines is 1. The maximum atomic E-state index is 12.8. The standard InChI is InChI=1S/C16H27N9O3S2/c17-4-1-5-19-30(28)13-3-2-12(25-8-6-24(7-9-25)10-11-26)14(15(13)29(18)27)16-20-22-23-21-16/h2-3,19,26H,1,4-11,17-18H2,(H,20,21,22,23). The van der Waals surface area contributed by atoms with Crippen molar-refractivity contribution < 1.29 is 13.5 Å². The fourth-order valence-corrected chi connectivity index (χ4v) is 5.43. The minimum atomic E-state index is -1.94. The zero-order valence-electron chi connectivity index (χ0n) is 16.5. The number of aromatic nitrogens is 4. The van der Waals surface area contributed by atoms with Crippen LogP contribution >= 0.6 is 0 Å². The number of nitrogens with zero attached hydrogens (tertiary/aromatic N) is 5. The highest BCUT2D eigenvalue weighted by molar-refractivity contribution is 7.86. The molecule has 1 fully saturated rings. The van der Waals surface area contributed by atoms with Gasteiger partial charge in [0, 0.05) is 45.0 Å². The van der Waals surface area contributed by atoms with Gasteiger partial charge in [-0.05, 0) is 30.3 Å². The Balaban J connectivity index is 2.01. The molecule has 2 heterocycles. The van der Waals surface area contributed by atoms with Gasteiger partial charge in [0.2, 0.25) is 5.82 Å². The third-order valence-electron chi connectivity index (χ3n) is 4.81. The molecule has 2 aromatic rings. The van der Waals surface area contributed by atoms with Crippen LogP contribution in [0.4, 0.5) is 5.69 Å². The highest BCUT2D eigenvalue weighted by Gasteiger charge is 2.28. The molecule has 1 aliphatic rings. The first-order chi connectivity index (χ1) is 14.6. The van der Waals surface area contributed by atoms with Gasteiger partial charge in [0.15, 0.2) is 0 Å². The van der Waals surface area contributed by atoms with Crippen LogP contribution in [0.15, 0.2) is 21.9 Å². The Kier molecular flexibility index (Phi) is 8.38. The average molecular weight is 458 g/mol. The fraction of sp³-hybridized carbons (Fsp3) is 0.562. The molecule has 1 aromatic heterocycles. The topological polar surface area (TPSA) is 179 Å². The molecular formula is C16H27N9O3S2. The number of nitrogens with one attached hydrogen (secondary N) is 2. The molecule has 2 unspecified atom stereocenters. The van der Waals surface area contributed by atoms with E-state index in [1.54, 1.807) is 6.07 Å². The Morgan fingerprint density at radius 1 is 1.23 bits per heavy atom. The summed E-state index contributed by atoms with van der Waals surface area (Å²) < 4.78 is 28.3. The first-order valence-corrected chi connectivity index (χ1v) is 11.9. The number of nitrogens with two attached hydrogens (primary N) is 2. The van der Waals surface area contributed by atoms with Gasteiger partial charge in [-0.25, -0.2) is 18.3 Å². The van der Waals surface area contributed by atoms with Gasteiger partial charge in [-0.1, -0.05) is 0 Å². The molecule has 12 nitrogen and oxygen atoms in total. The Morgan fingerprint density at radius 3 is 2.60 bits per heavy atom. The highest BCUT2D eigenvalue weighted by Crippen LogP contribution is 2.37. The van der Waals surface area contributed by atoms with E-state index in [-0.39, 0.29) is 17.3 Å². The number of hydrogen-bond acceptors (Lipinski definition) is 9. The molecule has 0 saturated carbocycles. The summed E-state index contributed by atoms with van der Waals surface area (Å²) in [5.41, 5.74) is 6.69. The van der Waals surface area contributed by atoms with Gasteiger partial charge in [-0.2, -0.15) is 5.21 Å². The highest BCUT2D eigenvalue weighted by atomic mass is 32.2. The van der Waals surface area contributed by atoms with E-state index in [4.69, 9.17) is 16.0 Å². The van der Waals surface area contributed by atoms with Gasteiger partial charge >= 0.3 is 0 Å². The van der Waals surface area contributed by atoms with Crippen molar-refractivity contribution in [3.63, 3.8) is 0 Å². The molecule has 2 atom stereocenters. The first kappa shape index (κ1) is 22.9. The lowest BCUT2D eigenvalue weighted by Gasteiger charge is -2.36. The van der Waals surface area contributed by atoms with E-state index < -0.39 is 22.0 Å². The Labute approximate surface area is 179 Å². The number of piperazine rings is 1. The van der Waals surface area contributed by atoms with Gasteiger partial charge < -0.3 is 15.7 Å². The van der Waals surface area contributed by atoms with Gasteiger partial charge in [-0.3, -0.25) is 4.90 Å². The molecule has 0 radical (unpaired) electrons. The van der Waals surface area contributed by atoms with Crippen molar-refractivity contribution in [2.45, 2.75) is 16.2 Å². The van der Waals surface area contributed by atoms with Crippen molar-refractivity contribution in [1.82, 2.24) is 30.2 Å². The number of aliphatic hydroxyl groups is 1. The molecule has 1 saturated heterocycles. The molecule has 0 aliphatic carbocycles. The third-order valence-corrected chi connectivity index (χ3v) is 6.97. The lowest BCUT2D eigenvalue weighted by molar-refractivity contribution is 0.189. The zero-order valence-corrected chi connectivity index (χ0v) is 18.1. The third kappa shape index (κ3) is 5.26. The van der Waals surface area contributed by atoms with Crippen LogP contribution in [0.25, 0.3) is 11.4 Å². The molecule has 0 bridgehead atoms. The van der Waals surface area contributed by atoms with E-state index in [9.17, 15) is 8.42 Å². The number of tetrazole rings is 1. The van der Waals surface area contributed by atoms with Crippen molar-refractivity contribution in [3.8, 4) is 11.4 Å². The lowest BCUT2D eigenvalue weighted by atomic mass is 10.1. The van der Waals surface area contributed by atoms with Gasteiger partial charge in [0.25, 0.3) is 0 Å². The van der Waals surface area contributed by atoms with Crippen molar-refractivity contribution in [2.24, 2.45) is 10.9 Å². The van der Waals surface area contributed by atoms with E-state index in [1.165, 1.54) is 0 Å². The summed E-state index contributed by atoms with van der Waals surface area (Å²) in [6, 6.07) is 3.49. The number of aliphatic hydroxyl groups excluding tert-OH is 1. The van der Waals surface area contributed by atoms with Crippen LogP contribution < -0.4 is 20.5 Å². The van der Waals surface area contributed by atoms with Gasteiger partial charge in [-0.15, -0.1) is 10.2 Å². The normalized spacial score (nSPS) is 17.2. The Bertz CT molecular complexity index is 873. The summed E-state index contributed by atoms with van der Waals surface area (Å²) in [5.74, 6) is 0.234. The second-order valence-electron chi connectivity index (χ2n) is 6.68. The van der Waals surface area contributed by atoms with Gasteiger partial charge in [0.1, 0.15) is 22.0 Å². The summed E-state index contributed by atoms with van der Waals surface area (Å²) in [5, 5.41) is 29.1. The minimum absolute atomic E-state index is 0.113. The maximum Gasteiger partial charge on any atom is 0.208 e. The molecule has 1 aromatic carbocycles. The first-order valence-electron chi connectivity index (χ1n) is 9.57. The van der Waals surface area contributed by atoms with Crippen molar-refractivity contribution >= 4 is 27.7 Å². The summed E-state index contributed by atoms with van der Waals surface area (Å²) in [7, 11) is -3.57. The second-order valence-corrected chi connectivity index (χ2v) is 8.95. The number of H-pyrrole nitrogens is 1. The maximum absolute atomic E-state index is 12.8. The number of rotatable bonds is 10. The SMILES string of the molecule is NCCCNS(=O)c1ccc(N2CCN(CCO)CC2)c(-c2nn[nH]n2)c1S(N)=O. The minimum Gasteiger partial charge on any atom is -0.395 e. The molecule has 30 heavy (non-hydrogen) atoms. The van der Waals surface area contributed by atoms with E-state index >= 15 is 0 Å². The van der Waals surface area contributed by atoms with E-state index in [0.29, 0.717) is 49.6 Å². The van der Waals surface area contributed by atoms with E-state index in [2.05, 4.69) is 35.1 Å². The molecule has 14 heteroatoms. The monoisotopic (exact) mass is 457 g/mol. The summed E-state index contributed by atoms with van der Waals surface area (Å²) in [6.45, 7) is 4.57. The number of aromatic amines is 1. The Morgan fingerprint density at radius 2 is 2.00 bits per heavy atom. The number of hydrogen-bond donors (Lipinski definition) is 5. The molecule has 3 rings (SSSR count). The van der Waals surface area contributed by atoms with Crippen molar-refractivity contribution in [2.75, 3.05) is 57.3 Å². The van der Waals surface area contributed by atoms with Crippen LogP contribution in [0.1, 0.15) is 6.42 Å². The van der Waals surface area contributed by atoms with Crippen molar-refractivity contribution in [3.05, 3.63) is 12.1 Å². The Hall–Kier alpha value is -1.81. The smallest absolute Gasteiger partial charge is 0.208 e. The predicted molar refractivity (Wildman–Crippen MR) is 114 cm³/mol. The summed E-state index contributed by atoms with van der Waals surface area (Å²) >= 11 is 0. The number of β-amino-alcohol motifs (C(OH)–C–C–N with tert-alkyl or cyclic N) is 1. The largest absolute Gasteiger partial charge is 0.395 e. The molecule has 1 aliphatic heterocycles. The van der Waals surface area contributed by atoms with Gasteiger partial charge in [0.05, 0.1) is 22.0 Å². The van der Waals surface area contributed by atoms with E-state index in [1.807, 2.05) is 6.07 Å². The quantitative estimate of drug-likeness (QED) is 0.250. The second kappa shape index (κ2) is 11.0. The number of benzene rings is 1. The molecule has 7 N–H and O–H groups in total. The van der Waals surface area contributed by atoms with Crippen LogP contribution in [0.5, 0.6) is 0 Å². The summed E-state index contributed by atoms with van der Waals surface area (Å²) in [4.78, 5) is 4.81.